The molecule has 2 aromatic heterocycles. The van der Waals surface area contributed by atoms with Crippen molar-refractivity contribution >= 4 is 34.3 Å². The van der Waals surface area contributed by atoms with Crippen LogP contribution in [0.3, 0.4) is 0 Å². The fourth-order valence-corrected chi connectivity index (χ4v) is 3.92. The highest BCUT2D eigenvalue weighted by atomic mass is 32.2. The van der Waals surface area contributed by atoms with E-state index in [4.69, 9.17) is 9.47 Å². The summed E-state index contributed by atoms with van der Waals surface area (Å²) in [5, 5.41) is 4.22. The van der Waals surface area contributed by atoms with Gasteiger partial charge < -0.3 is 19.8 Å². The number of benzene rings is 1. The van der Waals surface area contributed by atoms with Crippen molar-refractivity contribution in [3.63, 3.8) is 0 Å². The van der Waals surface area contributed by atoms with E-state index in [1.54, 1.807) is 6.92 Å². The zero-order valence-electron chi connectivity index (χ0n) is 15.8. The first kappa shape index (κ1) is 19.1. The Morgan fingerprint density at radius 1 is 1.21 bits per heavy atom. The van der Waals surface area contributed by atoms with Crippen molar-refractivity contribution in [2.24, 2.45) is 0 Å². The lowest BCUT2D eigenvalue weighted by Crippen LogP contribution is -2.29. The molecule has 0 spiro atoms. The number of aromatic amines is 2. The van der Waals surface area contributed by atoms with Crippen LogP contribution in [0.25, 0.3) is 10.9 Å². The number of rotatable bonds is 5. The highest BCUT2D eigenvalue weighted by Gasteiger charge is 2.17. The number of pyridine rings is 1. The van der Waals surface area contributed by atoms with E-state index in [0.29, 0.717) is 17.2 Å². The third-order valence-corrected chi connectivity index (χ3v) is 5.50. The number of aromatic nitrogens is 3. The van der Waals surface area contributed by atoms with Crippen LogP contribution in [-0.2, 0) is 11.2 Å². The normalized spacial score (nSPS) is 12.3. The van der Waals surface area contributed by atoms with Gasteiger partial charge >= 0.3 is 5.69 Å². The van der Waals surface area contributed by atoms with Gasteiger partial charge in [-0.25, -0.2) is 9.78 Å². The fraction of sp³-hybridized carbons (Fsp3) is 0.263. The first-order valence-electron chi connectivity index (χ1n) is 8.93. The van der Waals surface area contributed by atoms with E-state index in [1.165, 1.54) is 11.8 Å². The second kappa shape index (κ2) is 7.63. The summed E-state index contributed by atoms with van der Waals surface area (Å²) in [7, 11) is 0. The molecule has 3 heterocycles. The number of H-pyrrole nitrogens is 2. The first-order valence-corrected chi connectivity index (χ1v) is 9.92. The Balaban J connectivity index is 1.54. The molecular formula is C19H18N4O5S. The van der Waals surface area contributed by atoms with Gasteiger partial charge in [0.05, 0.1) is 11.3 Å². The topological polar surface area (TPSA) is 126 Å². The molecule has 0 radical (unpaired) electrons. The first-order chi connectivity index (χ1) is 13.9. The van der Waals surface area contributed by atoms with Crippen LogP contribution >= 0.6 is 11.8 Å². The molecule has 0 aliphatic carbocycles. The molecule has 3 N–H and O–H groups in total. The minimum atomic E-state index is -0.640. The molecular weight excluding hydrogens is 396 g/mol. The molecule has 1 aromatic carbocycles. The number of hydrogen-bond donors (Lipinski definition) is 3. The Morgan fingerprint density at radius 3 is 2.69 bits per heavy atom. The van der Waals surface area contributed by atoms with Crippen LogP contribution < -0.4 is 26.0 Å². The smallest absolute Gasteiger partial charge is 0.326 e. The average Bonchev–Trinajstić information content (AvgIpc) is 3.13. The van der Waals surface area contributed by atoms with E-state index < -0.39 is 11.2 Å². The minimum Gasteiger partial charge on any atom is -0.454 e. The van der Waals surface area contributed by atoms with E-state index in [9.17, 15) is 14.4 Å². The van der Waals surface area contributed by atoms with E-state index in [0.717, 1.165) is 27.9 Å². The van der Waals surface area contributed by atoms with E-state index in [-0.39, 0.29) is 24.1 Å². The van der Waals surface area contributed by atoms with Gasteiger partial charge in [-0.1, -0.05) is 18.7 Å². The van der Waals surface area contributed by atoms with Crippen LogP contribution in [0, 0.1) is 6.92 Å². The summed E-state index contributed by atoms with van der Waals surface area (Å²) in [6.07, 6.45) is 0.750. The standard InChI is InChI=1S/C19H18N4O5S/c1-3-10-4-11-5-13-14(28-8-27-13)6-12(11)21-18(10)29-7-15(24)22-16-9(2)20-19(26)23-17(16)25/h4-6H,3,7-8H2,1-2H3,(H,22,24)(H2,20,23,25,26). The number of nitrogens with one attached hydrogen (secondary N) is 3. The number of aryl methyl sites for hydroxylation is 2. The van der Waals surface area contributed by atoms with Crippen LogP contribution in [-0.4, -0.2) is 33.4 Å². The van der Waals surface area contributed by atoms with Gasteiger partial charge in [0.15, 0.2) is 11.5 Å². The van der Waals surface area contributed by atoms with Gasteiger partial charge in [-0.05, 0) is 31.0 Å². The molecule has 29 heavy (non-hydrogen) atoms. The second-order valence-electron chi connectivity index (χ2n) is 6.45. The minimum absolute atomic E-state index is 0.0325. The molecule has 0 atom stereocenters. The number of ether oxygens (including phenoxy) is 2. The van der Waals surface area contributed by atoms with Gasteiger partial charge in [-0.3, -0.25) is 14.6 Å². The molecule has 1 amide bonds. The maximum atomic E-state index is 12.4. The summed E-state index contributed by atoms with van der Waals surface area (Å²) >= 11 is 1.28. The number of amides is 1. The van der Waals surface area contributed by atoms with Crippen molar-refractivity contribution in [3.8, 4) is 11.5 Å². The van der Waals surface area contributed by atoms with Crippen molar-refractivity contribution in [2.75, 3.05) is 17.9 Å². The summed E-state index contributed by atoms with van der Waals surface area (Å²) < 4.78 is 10.8. The number of carbonyl (C=O) groups excluding carboxylic acids is 1. The Hall–Kier alpha value is -3.27. The average molecular weight is 414 g/mol. The van der Waals surface area contributed by atoms with Crippen molar-refractivity contribution in [1.82, 2.24) is 15.0 Å². The van der Waals surface area contributed by atoms with E-state index in [2.05, 4.69) is 20.3 Å². The monoisotopic (exact) mass is 414 g/mol. The van der Waals surface area contributed by atoms with Crippen molar-refractivity contribution < 1.29 is 14.3 Å². The molecule has 4 rings (SSSR count). The van der Waals surface area contributed by atoms with E-state index >= 15 is 0 Å². The Kier molecular flexibility index (Phi) is 5.01. The summed E-state index contributed by atoms with van der Waals surface area (Å²) in [6.45, 7) is 3.75. The molecule has 0 saturated carbocycles. The molecule has 0 bridgehead atoms. The molecule has 0 saturated heterocycles. The maximum Gasteiger partial charge on any atom is 0.326 e. The van der Waals surface area contributed by atoms with Crippen molar-refractivity contribution in [3.05, 3.63) is 50.3 Å². The van der Waals surface area contributed by atoms with Gasteiger partial charge in [0.2, 0.25) is 12.7 Å². The highest BCUT2D eigenvalue weighted by Crippen LogP contribution is 2.37. The van der Waals surface area contributed by atoms with Crippen LogP contribution in [0.1, 0.15) is 18.2 Å². The molecule has 1 aliphatic rings. The number of hydrogen-bond acceptors (Lipinski definition) is 7. The highest BCUT2D eigenvalue weighted by molar-refractivity contribution is 8.00. The maximum absolute atomic E-state index is 12.4. The molecule has 150 valence electrons. The number of nitrogens with zero attached hydrogens (tertiary/aromatic N) is 1. The zero-order chi connectivity index (χ0) is 20.5. The SMILES string of the molecule is CCc1cc2cc3c(cc2nc1SCC(=O)Nc1c(C)[nH]c(=O)[nH]c1=O)OCO3. The number of anilines is 1. The van der Waals surface area contributed by atoms with Crippen LogP contribution in [0.4, 0.5) is 5.69 Å². The van der Waals surface area contributed by atoms with E-state index in [1.807, 2.05) is 25.1 Å². The lowest BCUT2D eigenvalue weighted by molar-refractivity contribution is -0.113. The van der Waals surface area contributed by atoms with Gasteiger partial charge in [-0.2, -0.15) is 0 Å². The molecule has 1 aliphatic heterocycles. The van der Waals surface area contributed by atoms with Crippen LogP contribution in [0.5, 0.6) is 11.5 Å². The number of thioether (sulfide) groups is 1. The lowest BCUT2D eigenvalue weighted by Gasteiger charge is -2.10. The lowest BCUT2D eigenvalue weighted by atomic mass is 10.1. The Bertz CT molecular complexity index is 1230. The van der Waals surface area contributed by atoms with Gasteiger partial charge in [0.25, 0.3) is 5.56 Å². The Morgan fingerprint density at radius 2 is 1.97 bits per heavy atom. The Labute approximate surface area is 168 Å². The van der Waals surface area contributed by atoms with Crippen molar-refractivity contribution in [2.45, 2.75) is 25.3 Å². The molecule has 10 heteroatoms. The fourth-order valence-electron chi connectivity index (χ4n) is 3.03. The number of fused-ring (bicyclic) bond motifs is 2. The van der Waals surface area contributed by atoms with Gasteiger partial charge in [0.1, 0.15) is 10.7 Å². The largest absolute Gasteiger partial charge is 0.454 e. The third kappa shape index (κ3) is 3.83. The number of carbonyl (C=O) groups is 1. The second-order valence-corrected chi connectivity index (χ2v) is 7.41. The molecule has 0 fully saturated rings. The van der Waals surface area contributed by atoms with Gasteiger partial charge in [-0.15, -0.1) is 0 Å². The summed E-state index contributed by atoms with van der Waals surface area (Å²) in [5.74, 6) is 1.04. The third-order valence-electron chi connectivity index (χ3n) is 4.46. The molecule has 3 aromatic rings. The van der Waals surface area contributed by atoms with Crippen LogP contribution in [0.2, 0.25) is 0 Å². The predicted octanol–water partition coefficient (Wildman–Crippen LogP) is 1.94. The molecule has 9 nitrogen and oxygen atoms in total. The summed E-state index contributed by atoms with van der Waals surface area (Å²) in [6, 6.07) is 5.75. The summed E-state index contributed by atoms with van der Waals surface area (Å²) in [4.78, 5) is 44.7. The zero-order valence-corrected chi connectivity index (χ0v) is 16.6. The van der Waals surface area contributed by atoms with Crippen LogP contribution in [0.15, 0.2) is 32.8 Å². The van der Waals surface area contributed by atoms with Gasteiger partial charge in [0, 0.05) is 17.1 Å². The summed E-state index contributed by atoms with van der Waals surface area (Å²) in [5.41, 5.74) is 0.832. The van der Waals surface area contributed by atoms with Crippen molar-refractivity contribution in [1.29, 1.82) is 0 Å². The molecule has 0 unspecified atom stereocenters. The predicted molar refractivity (Wildman–Crippen MR) is 109 cm³/mol. The quantitative estimate of drug-likeness (QED) is 0.545.